The van der Waals surface area contributed by atoms with Crippen LogP contribution in [0.4, 0.5) is 11.4 Å². The second-order valence-electron chi connectivity index (χ2n) is 7.41. The van der Waals surface area contributed by atoms with Crippen LogP contribution in [0.15, 0.2) is 78.0 Å². The summed E-state index contributed by atoms with van der Waals surface area (Å²) in [6, 6.07) is 22.3. The lowest BCUT2D eigenvalue weighted by atomic mass is 10.1. The Kier molecular flexibility index (Phi) is 6.50. The first-order valence-corrected chi connectivity index (χ1v) is 11.2. The molecular formula is C24H21N5O3S. The molecule has 0 aliphatic carbocycles. The third-order valence-corrected chi connectivity index (χ3v) is 5.93. The maximum atomic E-state index is 12.7. The van der Waals surface area contributed by atoms with Crippen molar-refractivity contribution in [3.05, 3.63) is 94.0 Å². The van der Waals surface area contributed by atoms with E-state index in [4.69, 9.17) is 0 Å². The zero-order chi connectivity index (χ0) is 23.4. The average Bonchev–Trinajstić information content (AvgIpc) is 3.24. The van der Waals surface area contributed by atoms with Gasteiger partial charge in [0.05, 0.1) is 10.7 Å². The first-order valence-electron chi connectivity index (χ1n) is 10.2. The van der Waals surface area contributed by atoms with Gasteiger partial charge in [-0.25, -0.2) is 0 Å². The van der Waals surface area contributed by atoms with Crippen LogP contribution < -0.4 is 5.32 Å². The van der Waals surface area contributed by atoms with E-state index in [1.165, 1.54) is 17.8 Å². The van der Waals surface area contributed by atoms with Gasteiger partial charge < -0.3 is 5.32 Å². The van der Waals surface area contributed by atoms with E-state index in [-0.39, 0.29) is 23.0 Å². The molecule has 0 spiro atoms. The Hall–Kier alpha value is -3.98. The predicted molar refractivity (Wildman–Crippen MR) is 129 cm³/mol. The van der Waals surface area contributed by atoms with E-state index >= 15 is 0 Å². The van der Waals surface area contributed by atoms with E-state index in [1.807, 2.05) is 66.1 Å². The lowest BCUT2D eigenvalue weighted by Gasteiger charge is -2.11. The molecule has 0 aliphatic heterocycles. The smallest absolute Gasteiger partial charge is 0.293 e. The van der Waals surface area contributed by atoms with Gasteiger partial charge in [0.15, 0.2) is 11.0 Å². The second-order valence-corrected chi connectivity index (χ2v) is 8.35. The van der Waals surface area contributed by atoms with Crippen LogP contribution in [-0.4, -0.2) is 31.3 Å². The topological polar surface area (TPSA) is 103 Å². The molecule has 0 aliphatic rings. The Morgan fingerprint density at radius 3 is 2.42 bits per heavy atom. The molecule has 0 radical (unpaired) electrons. The number of aromatic nitrogens is 3. The van der Waals surface area contributed by atoms with Gasteiger partial charge in [0.2, 0.25) is 5.91 Å². The summed E-state index contributed by atoms with van der Waals surface area (Å²) in [4.78, 5) is 23.5. The van der Waals surface area contributed by atoms with Gasteiger partial charge in [0.25, 0.3) is 5.69 Å². The highest BCUT2D eigenvalue weighted by atomic mass is 32.2. The number of nitrogens with zero attached hydrogens (tertiary/aromatic N) is 4. The van der Waals surface area contributed by atoms with Crippen molar-refractivity contribution in [1.29, 1.82) is 0 Å². The molecule has 4 aromatic rings. The van der Waals surface area contributed by atoms with Gasteiger partial charge in [-0.1, -0.05) is 71.9 Å². The summed E-state index contributed by atoms with van der Waals surface area (Å²) in [5.41, 5.74) is 3.60. The van der Waals surface area contributed by atoms with Crippen LogP contribution in [0.1, 0.15) is 11.1 Å². The Balaban J connectivity index is 1.60. The number of amides is 1. The first-order chi connectivity index (χ1) is 15.9. The van der Waals surface area contributed by atoms with Gasteiger partial charge in [-0.15, -0.1) is 10.2 Å². The monoisotopic (exact) mass is 459 g/mol. The van der Waals surface area contributed by atoms with Crippen LogP contribution in [0.2, 0.25) is 0 Å². The number of nitrogens with one attached hydrogen (secondary N) is 1. The second kappa shape index (κ2) is 9.66. The van der Waals surface area contributed by atoms with Gasteiger partial charge in [0.1, 0.15) is 5.69 Å². The summed E-state index contributed by atoms with van der Waals surface area (Å²) in [5.74, 6) is 0.318. The van der Waals surface area contributed by atoms with Crippen LogP contribution in [0.3, 0.4) is 0 Å². The van der Waals surface area contributed by atoms with Crippen molar-refractivity contribution in [2.24, 2.45) is 0 Å². The van der Waals surface area contributed by atoms with Crippen molar-refractivity contribution >= 4 is 29.0 Å². The number of anilines is 1. The minimum atomic E-state index is -0.504. The fraction of sp³-hybridized carbons (Fsp3) is 0.125. The fourth-order valence-corrected chi connectivity index (χ4v) is 4.09. The third-order valence-electron chi connectivity index (χ3n) is 5.00. The van der Waals surface area contributed by atoms with Gasteiger partial charge in [-0.2, -0.15) is 0 Å². The Morgan fingerprint density at radius 2 is 1.73 bits per heavy atom. The zero-order valence-corrected chi connectivity index (χ0v) is 18.9. The molecule has 1 aromatic heterocycles. The van der Waals surface area contributed by atoms with Crippen LogP contribution >= 0.6 is 11.8 Å². The lowest BCUT2D eigenvalue weighted by molar-refractivity contribution is -0.384. The molecular weight excluding hydrogens is 438 g/mol. The first kappa shape index (κ1) is 22.2. The minimum Gasteiger partial charge on any atom is -0.319 e. The normalized spacial score (nSPS) is 10.7. The number of carbonyl (C=O) groups is 1. The van der Waals surface area contributed by atoms with E-state index < -0.39 is 4.92 Å². The highest BCUT2D eigenvalue weighted by Gasteiger charge is 2.20. The number of nitro benzene ring substituents is 1. The fourth-order valence-electron chi connectivity index (χ4n) is 3.34. The highest BCUT2D eigenvalue weighted by Crippen LogP contribution is 2.30. The largest absolute Gasteiger partial charge is 0.319 e. The Morgan fingerprint density at radius 1 is 1.00 bits per heavy atom. The maximum absolute atomic E-state index is 12.7. The van der Waals surface area contributed by atoms with E-state index in [0.717, 1.165) is 16.8 Å². The molecule has 1 N–H and O–H groups in total. The van der Waals surface area contributed by atoms with Gasteiger partial charge in [-0.3, -0.25) is 19.5 Å². The van der Waals surface area contributed by atoms with Crippen molar-refractivity contribution in [2.75, 3.05) is 11.1 Å². The van der Waals surface area contributed by atoms with Crippen LogP contribution in [-0.2, 0) is 4.79 Å². The van der Waals surface area contributed by atoms with E-state index in [2.05, 4.69) is 15.5 Å². The lowest BCUT2D eigenvalue weighted by Crippen LogP contribution is -2.16. The molecule has 8 nitrogen and oxygen atoms in total. The molecule has 1 amide bonds. The number of nitro groups is 1. The van der Waals surface area contributed by atoms with Crippen LogP contribution in [0.5, 0.6) is 0 Å². The molecule has 0 saturated heterocycles. The number of thioether (sulfide) groups is 1. The molecule has 166 valence electrons. The molecule has 3 aromatic carbocycles. The van der Waals surface area contributed by atoms with Crippen molar-refractivity contribution in [2.45, 2.75) is 19.0 Å². The summed E-state index contributed by atoms with van der Waals surface area (Å²) in [5, 5.41) is 23.2. The molecule has 4 rings (SSSR count). The van der Waals surface area contributed by atoms with Crippen molar-refractivity contribution in [1.82, 2.24) is 14.8 Å². The zero-order valence-electron chi connectivity index (χ0n) is 18.1. The highest BCUT2D eigenvalue weighted by molar-refractivity contribution is 7.99. The molecule has 0 unspecified atom stereocenters. The predicted octanol–water partition coefficient (Wildman–Crippen LogP) is 5.19. The van der Waals surface area contributed by atoms with Crippen LogP contribution in [0, 0.1) is 24.0 Å². The standard InChI is InChI=1S/C24H21N5O3S/c1-16-11-13-19(14-12-16)28-23(18-8-4-3-5-9-18)26-27-24(28)33-15-21(30)25-22-17(2)7-6-10-20(22)29(31)32/h3-14H,15H2,1-2H3,(H,25,30). The number of aryl methyl sites for hydroxylation is 2. The average molecular weight is 460 g/mol. The Labute approximate surface area is 194 Å². The van der Waals surface area contributed by atoms with Crippen molar-refractivity contribution < 1.29 is 9.72 Å². The molecule has 1 heterocycles. The molecule has 0 saturated carbocycles. The van der Waals surface area contributed by atoms with E-state index in [1.54, 1.807) is 19.1 Å². The van der Waals surface area contributed by atoms with E-state index in [0.29, 0.717) is 16.5 Å². The van der Waals surface area contributed by atoms with Crippen LogP contribution in [0.25, 0.3) is 17.1 Å². The third kappa shape index (κ3) is 4.93. The number of carbonyl (C=O) groups excluding carboxylic acids is 1. The molecule has 0 fully saturated rings. The molecule has 0 bridgehead atoms. The van der Waals surface area contributed by atoms with Gasteiger partial charge >= 0.3 is 0 Å². The molecule has 33 heavy (non-hydrogen) atoms. The van der Waals surface area contributed by atoms with Crippen molar-refractivity contribution in [3.8, 4) is 17.1 Å². The summed E-state index contributed by atoms with van der Waals surface area (Å²) in [7, 11) is 0. The number of hydrogen-bond acceptors (Lipinski definition) is 6. The number of hydrogen-bond donors (Lipinski definition) is 1. The minimum absolute atomic E-state index is 0.0181. The summed E-state index contributed by atoms with van der Waals surface area (Å²) in [6.07, 6.45) is 0. The quantitative estimate of drug-likeness (QED) is 0.232. The number of benzene rings is 3. The molecule has 9 heteroatoms. The summed E-state index contributed by atoms with van der Waals surface area (Å²) >= 11 is 1.22. The van der Waals surface area contributed by atoms with Gasteiger partial charge in [-0.05, 0) is 31.5 Å². The summed E-state index contributed by atoms with van der Waals surface area (Å²) in [6.45, 7) is 3.73. The number of rotatable bonds is 7. The van der Waals surface area contributed by atoms with Gasteiger partial charge in [0, 0.05) is 17.3 Å². The Bertz CT molecular complexity index is 1300. The maximum Gasteiger partial charge on any atom is 0.293 e. The summed E-state index contributed by atoms with van der Waals surface area (Å²) < 4.78 is 1.91. The van der Waals surface area contributed by atoms with Crippen molar-refractivity contribution in [3.63, 3.8) is 0 Å². The van der Waals surface area contributed by atoms with E-state index in [9.17, 15) is 14.9 Å². The molecule has 0 atom stereocenters. The SMILES string of the molecule is Cc1ccc(-n2c(SCC(=O)Nc3c(C)cccc3[N+](=O)[O-])nnc2-c2ccccc2)cc1. The number of para-hydroxylation sites is 1.